The second kappa shape index (κ2) is 8.60. The van der Waals surface area contributed by atoms with Crippen molar-refractivity contribution in [2.24, 2.45) is 0 Å². The van der Waals surface area contributed by atoms with Crippen molar-refractivity contribution in [1.29, 1.82) is 0 Å². The number of hydrogen-bond donors (Lipinski definition) is 0. The smallest absolute Gasteiger partial charge is 0.255 e. The van der Waals surface area contributed by atoms with Crippen LogP contribution in [0.1, 0.15) is 28.8 Å². The fraction of sp³-hybridized carbons (Fsp3) is 0.217. The van der Waals surface area contributed by atoms with Gasteiger partial charge in [-0.1, -0.05) is 11.6 Å². The van der Waals surface area contributed by atoms with Crippen LogP contribution in [0.5, 0.6) is 0 Å². The third-order valence-corrected chi connectivity index (χ3v) is 8.63. The highest BCUT2D eigenvalue weighted by Gasteiger charge is 2.50. The predicted molar refractivity (Wildman–Crippen MR) is 116 cm³/mol. The lowest BCUT2D eigenvalue weighted by molar-refractivity contribution is 0.0698. The molecule has 0 spiro atoms. The van der Waals surface area contributed by atoms with Crippen molar-refractivity contribution in [2.75, 3.05) is 13.1 Å². The number of likely N-dealkylation sites (tertiary alicyclic amines) is 1. The third kappa shape index (κ3) is 3.89. The number of benzene rings is 2. The molecule has 5 nitrogen and oxygen atoms in total. The summed E-state index contributed by atoms with van der Waals surface area (Å²) in [6.07, 6.45) is 2.79. The van der Waals surface area contributed by atoms with E-state index >= 15 is 0 Å². The Kier molecular flexibility index (Phi) is 6.01. The van der Waals surface area contributed by atoms with Crippen LogP contribution >= 0.6 is 11.6 Å². The largest absolute Gasteiger partial charge is 0.338 e. The molecule has 1 aliphatic rings. The van der Waals surface area contributed by atoms with Crippen LogP contribution in [0.3, 0.4) is 0 Å². The first-order chi connectivity index (χ1) is 15.2. The Hall–Kier alpha value is -2.84. The van der Waals surface area contributed by atoms with Gasteiger partial charge in [0.05, 0.1) is 10.5 Å². The van der Waals surface area contributed by atoms with Gasteiger partial charge in [-0.25, -0.2) is 17.2 Å². The third-order valence-electron chi connectivity index (χ3n) is 5.82. The first-order valence-electron chi connectivity index (χ1n) is 9.90. The van der Waals surface area contributed by atoms with Crippen molar-refractivity contribution in [3.05, 3.63) is 94.8 Å². The van der Waals surface area contributed by atoms with E-state index in [0.717, 1.165) is 18.2 Å². The molecule has 1 amide bonds. The summed E-state index contributed by atoms with van der Waals surface area (Å²) in [5, 5.41) is 0.354. The molecule has 0 atom stereocenters. The van der Waals surface area contributed by atoms with E-state index in [4.69, 9.17) is 11.6 Å². The quantitative estimate of drug-likeness (QED) is 0.551. The zero-order valence-corrected chi connectivity index (χ0v) is 18.4. The van der Waals surface area contributed by atoms with E-state index in [9.17, 15) is 22.0 Å². The number of halogens is 3. The summed E-state index contributed by atoms with van der Waals surface area (Å²) >= 11 is 5.90. The number of sulfone groups is 1. The van der Waals surface area contributed by atoms with Gasteiger partial charge in [-0.05, 0) is 67.4 Å². The summed E-state index contributed by atoms with van der Waals surface area (Å²) in [6.45, 7) is 0.104. The zero-order chi connectivity index (χ0) is 22.9. The van der Waals surface area contributed by atoms with Gasteiger partial charge in [0, 0.05) is 36.1 Å². The maximum absolute atomic E-state index is 14.9. The van der Waals surface area contributed by atoms with Crippen molar-refractivity contribution in [3.8, 4) is 0 Å². The number of carbonyl (C=O) groups excluding carboxylic acids is 1. The van der Waals surface area contributed by atoms with Crippen molar-refractivity contribution in [1.82, 2.24) is 9.88 Å². The fourth-order valence-corrected chi connectivity index (χ4v) is 6.35. The lowest BCUT2D eigenvalue weighted by Crippen LogP contribution is -2.49. The number of rotatable bonds is 4. The average molecular weight is 477 g/mol. The van der Waals surface area contributed by atoms with E-state index < -0.39 is 26.2 Å². The first-order valence-corrected chi connectivity index (χ1v) is 11.8. The van der Waals surface area contributed by atoms with Gasteiger partial charge in [0.2, 0.25) is 0 Å². The van der Waals surface area contributed by atoms with Crippen LogP contribution in [0.2, 0.25) is 5.02 Å². The second-order valence-corrected chi connectivity index (χ2v) is 10.3. The highest BCUT2D eigenvalue weighted by atomic mass is 35.5. The van der Waals surface area contributed by atoms with Gasteiger partial charge in [0.1, 0.15) is 16.4 Å². The van der Waals surface area contributed by atoms with E-state index in [1.54, 1.807) is 18.3 Å². The molecule has 2 aromatic carbocycles. The number of pyridine rings is 1. The molecule has 0 radical (unpaired) electrons. The molecule has 32 heavy (non-hydrogen) atoms. The minimum atomic E-state index is -4.16. The standard InChI is InChI=1S/C23H19ClF2N2O3S/c24-17-3-6-19(7-4-17)32(30,31)23(20-14-18(25)5-8-21(20)26)9-12-28(13-10-23)22(29)16-2-1-11-27-15-16/h1-8,11,14-15H,9-10,12-13H2. The number of hydrogen-bond acceptors (Lipinski definition) is 4. The normalized spacial score (nSPS) is 16.0. The maximum atomic E-state index is 14.9. The van der Waals surface area contributed by atoms with E-state index in [1.165, 1.54) is 35.4 Å². The highest BCUT2D eigenvalue weighted by molar-refractivity contribution is 7.92. The molecular weight excluding hydrogens is 458 g/mol. The van der Waals surface area contributed by atoms with Crippen LogP contribution in [0.15, 0.2) is 71.9 Å². The SMILES string of the molecule is O=C(c1cccnc1)N1CCC(c2cc(F)ccc2F)(S(=O)(=O)c2ccc(Cl)cc2)CC1. The van der Waals surface area contributed by atoms with Crippen LogP contribution in [-0.4, -0.2) is 37.3 Å². The average Bonchev–Trinajstić information content (AvgIpc) is 2.81. The Labute approximate surface area is 189 Å². The summed E-state index contributed by atoms with van der Waals surface area (Å²) in [5.74, 6) is -1.84. The molecule has 2 heterocycles. The predicted octanol–water partition coefficient (Wildman–Crippen LogP) is 4.62. The van der Waals surface area contributed by atoms with Crippen molar-refractivity contribution >= 4 is 27.3 Å². The Morgan fingerprint density at radius 1 is 1.03 bits per heavy atom. The van der Waals surface area contributed by atoms with Crippen LogP contribution in [-0.2, 0) is 14.6 Å². The molecule has 0 aliphatic carbocycles. The molecule has 1 fully saturated rings. The van der Waals surface area contributed by atoms with Crippen LogP contribution in [0, 0.1) is 11.6 Å². The minimum absolute atomic E-state index is 0.0439. The van der Waals surface area contributed by atoms with Crippen molar-refractivity contribution < 1.29 is 22.0 Å². The van der Waals surface area contributed by atoms with Crippen LogP contribution in [0.25, 0.3) is 0 Å². The van der Waals surface area contributed by atoms with Crippen LogP contribution < -0.4 is 0 Å². The highest BCUT2D eigenvalue weighted by Crippen LogP contribution is 2.45. The molecule has 1 aliphatic heterocycles. The summed E-state index contributed by atoms with van der Waals surface area (Å²) in [6, 6.07) is 11.6. The number of carbonyl (C=O) groups is 1. The van der Waals surface area contributed by atoms with E-state index in [1.807, 2.05) is 0 Å². The second-order valence-electron chi connectivity index (χ2n) is 7.61. The van der Waals surface area contributed by atoms with Gasteiger partial charge in [-0.15, -0.1) is 0 Å². The lowest BCUT2D eigenvalue weighted by Gasteiger charge is -2.41. The first kappa shape index (κ1) is 22.4. The summed E-state index contributed by atoms with van der Waals surface area (Å²) in [7, 11) is -4.16. The molecule has 0 unspecified atom stereocenters. The van der Waals surface area contributed by atoms with Crippen LogP contribution in [0.4, 0.5) is 8.78 Å². The number of piperidine rings is 1. The van der Waals surface area contributed by atoms with E-state index in [-0.39, 0.29) is 42.3 Å². The Morgan fingerprint density at radius 2 is 1.72 bits per heavy atom. The molecular formula is C23H19ClF2N2O3S. The molecule has 1 aromatic heterocycles. The topological polar surface area (TPSA) is 67.3 Å². The van der Waals surface area contributed by atoms with Gasteiger partial charge in [-0.3, -0.25) is 9.78 Å². The molecule has 1 saturated heterocycles. The molecule has 3 aromatic rings. The Morgan fingerprint density at radius 3 is 2.34 bits per heavy atom. The Bertz CT molecular complexity index is 1240. The summed E-state index contributed by atoms with van der Waals surface area (Å²) < 4.78 is 54.8. The maximum Gasteiger partial charge on any atom is 0.255 e. The lowest BCUT2D eigenvalue weighted by atomic mass is 9.87. The fourth-order valence-electron chi connectivity index (χ4n) is 4.11. The number of aromatic nitrogens is 1. The minimum Gasteiger partial charge on any atom is -0.338 e. The van der Waals surface area contributed by atoms with Gasteiger partial charge in [-0.2, -0.15) is 0 Å². The summed E-state index contributed by atoms with van der Waals surface area (Å²) in [5.41, 5.74) is 0.137. The molecule has 0 N–H and O–H groups in total. The van der Waals surface area contributed by atoms with E-state index in [0.29, 0.717) is 10.6 Å². The summed E-state index contributed by atoms with van der Waals surface area (Å²) in [4.78, 5) is 18.2. The van der Waals surface area contributed by atoms with Gasteiger partial charge in [0.15, 0.2) is 9.84 Å². The molecule has 9 heteroatoms. The molecule has 166 valence electrons. The monoisotopic (exact) mass is 476 g/mol. The molecule has 0 bridgehead atoms. The van der Waals surface area contributed by atoms with Gasteiger partial charge in [0.25, 0.3) is 5.91 Å². The van der Waals surface area contributed by atoms with Gasteiger partial charge < -0.3 is 4.90 Å². The Balaban J connectivity index is 1.76. The number of amides is 1. The number of nitrogens with zero attached hydrogens (tertiary/aromatic N) is 2. The molecule has 0 saturated carbocycles. The van der Waals surface area contributed by atoms with E-state index in [2.05, 4.69) is 4.98 Å². The van der Waals surface area contributed by atoms with Gasteiger partial charge >= 0.3 is 0 Å². The molecule has 4 rings (SSSR count). The van der Waals surface area contributed by atoms with Crippen molar-refractivity contribution in [3.63, 3.8) is 0 Å². The van der Waals surface area contributed by atoms with Crippen molar-refractivity contribution in [2.45, 2.75) is 22.5 Å². The zero-order valence-electron chi connectivity index (χ0n) is 16.8.